The Morgan fingerprint density at radius 3 is 2.58 bits per heavy atom. The van der Waals surface area contributed by atoms with Gasteiger partial charge < -0.3 is 15.4 Å². The number of nitrogens with zero attached hydrogens (tertiary/aromatic N) is 3. The fourth-order valence-corrected chi connectivity index (χ4v) is 3.59. The molecule has 0 bridgehead atoms. The number of carbonyl (C=O) groups excluding carboxylic acids is 1. The first-order valence-corrected chi connectivity index (χ1v) is 10.5. The Labute approximate surface area is 184 Å². The lowest BCUT2D eigenvalue weighted by Gasteiger charge is -2.23. The van der Waals surface area contributed by atoms with Crippen LogP contribution < -0.4 is 15.5 Å². The van der Waals surface area contributed by atoms with Crippen molar-refractivity contribution < 1.29 is 9.53 Å². The molecule has 1 aliphatic heterocycles. The molecule has 164 valence electrons. The van der Waals surface area contributed by atoms with Crippen molar-refractivity contribution in [2.75, 3.05) is 23.9 Å². The van der Waals surface area contributed by atoms with Crippen LogP contribution in [0.4, 0.5) is 16.6 Å². The zero-order chi connectivity index (χ0) is 22.5. The molecule has 7 heteroatoms. The zero-order valence-corrected chi connectivity index (χ0v) is 18.8. The molecule has 0 saturated carbocycles. The summed E-state index contributed by atoms with van der Waals surface area (Å²) < 4.78 is 5.24. The maximum atomic E-state index is 12.2. The first-order chi connectivity index (χ1) is 14.8. The van der Waals surface area contributed by atoms with E-state index in [4.69, 9.17) is 4.74 Å². The van der Waals surface area contributed by atoms with Crippen LogP contribution in [-0.4, -0.2) is 35.8 Å². The number of allylic oxidation sites excluding steroid dienone is 3. The molecule has 1 fully saturated rings. The highest BCUT2D eigenvalue weighted by Gasteiger charge is 2.37. The molecule has 2 atom stereocenters. The minimum Gasteiger partial charge on any atom is -0.447 e. The van der Waals surface area contributed by atoms with Crippen molar-refractivity contribution in [2.45, 2.75) is 39.8 Å². The van der Waals surface area contributed by atoms with Crippen LogP contribution in [0, 0.1) is 5.92 Å². The third-order valence-corrected chi connectivity index (χ3v) is 5.61. The van der Waals surface area contributed by atoms with Crippen LogP contribution in [0.3, 0.4) is 0 Å². The standard InChI is InChI=1S/C24H31N5O2/c1-7-20(17(5)25-6)19-10-8-18(9-11-19)16(4)27-23-26-13-12-22(28-23)29-21(15(2)3)14-31-24(29)30/h7-13,15-16,21,25H,1,14H2,2-6H3,(H,26,27,28)/b20-17+/t16-,21+/m0/s1. The summed E-state index contributed by atoms with van der Waals surface area (Å²) in [7, 11) is 1.90. The number of carbonyl (C=O) groups is 1. The normalized spacial score (nSPS) is 17.8. The lowest BCUT2D eigenvalue weighted by atomic mass is 10.00. The summed E-state index contributed by atoms with van der Waals surface area (Å²) in [4.78, 5) is 22.8. The summed E-state index contributed by atoms with van der Waals surface area (Å²) in [6.07, 6.45) is 3.15. The van der Waals surface area contributed by atoms with Crippen molar-refractivity contribution in [3.05, 3.63) is 66.0 Å². The molecule has 0 spiro atoms. The fraction of sp³-hybridized carbons (Fsp3) is 0.375. The maximum Gasteiger partial charge on any atom is 0.415 e. The second-order valence-electron chi connectivity index (χ2n) is 7.98. The first kappa shape index (κ1) is 22.3. The third kappa shape index (κ3) is 4.87. The Morgan fingerprint density at radius 1 is 1.26 bits per heavy atom. The van der Waals surface area contributed by atoms with Gasteiger partial charge in [-0.3, -0.25) is 4.90 Å². The Balaban J connectivity index is 1.77. The molecule has 0 radical (unpaired) electrons. The molecule has 1 saturated heterocycles. The van der Waals surface area contributed by atoms with Crippen LogP contribution in [0.15, 0.2) is 54.9 Å². The molecule has 7 nitrogen and oxygen atoms in total. The Kier molecular flexibility index (Phi) is 6.95. The molecule has 1 amide bonds. The van der Waals surface area contributed by atoms with Gasteiger partial charge in [0.1, 0.15) is 12.4 Å². The monoisotopic (exact) mass is 421 g/mol. The molecule has 0 unspecified atom stereocenters. The smallest absolute Gasteiger partial charge is 0.415 e. The van der Waals surface area contributed by atoms with Crippen LogP contribution in [0.25, 0.3) is 5.57 Å². The molecule has 2 aromatic rings. The van der Waals surface area contributed by atoms with Gasteiger partial charge in [0.25, 0.3) is 0 Å². The highest BCUT2D eigenvalue weighted by Crippen LogP contribution is 2.27. The summed E-state index contributed by atoms with van der Waals surface area (Å²) in [5.74, 6) is 1.27. The van der Waals surface area contributed by atoms with Gasteiger partial charge in [0, 0.05) is 18.9 Å². The van der Waals surface area contributed by atoms with Gasteiger partial charge in [-0.05, 0) is 42.5 Å². The number of nitrogens with one attached hydrogen (secondary N) is 2. The number of cyclic esters (lactones) is 1. The second kappa shape index (κ2) is 9.64. The minimum atomic E-state index is -0.366. The highest BCUT2D eigenvalue weighted by molar-refractivity contribution is 5.89. The fourth-order valence-electron chi connectivity index (χ4n) is 3.59. The van der Waals surface area contributed by atoms with Crippen molar-refractivity contribution in [1.82, 2.24) is 15.3 Å². The average Bonchev–Trinajstić information content (AvgIpc) is 3.16. The van der Waals surface area contributed by atoms with E-state index >= 15 is 0 Å². The topological polar surface area (TPSA) is 79.4 Å². The molecule has 1 aliphatic rings. The summed E-state index contributed by atoms with van der Waals surface area (Å²) in [5, 5.41) is 6.50. The largest absolute Gasteiger partial charge is 0.447 e. The molecule has 3 rings (SSSR count). The highest BCUT2D eigenvalue weighted by atomic mass is 16.6. The van der Waals surface area contributed by atoms with Crippen LogP contribution >= 0.6 is 0 Å². The quantitative estimate of drug-likeness (QED) is 0.598. The van der Waals surface area contributed by atoms with Crippen LogP contribution in [-0.2, 0) is 4.74 Å². The van der Waals surface area contributed by atoms with Gasteiger partial charge in [-0.25, -0.2) is 9.78 Å². The Morgan fingerprint density at radius 2 is 1.97 bits per heavy atom. The number of anilines is 2. The van der Waals surface area contributed by atoms with Gasteiger partial charge in [0.2, 0.25) is 5.95 Å². The van der Waals surface area contributed by atoms with Gasteiger partial charge in [0.15, 0.2) is 0 Å². The van der Waals surface area contributed by atoms with Gasteiger partial charge >= 0.3 is 6.09 Å². The first-order valence-electron chi connectivity index (χ1n) is 10.5. The van der Waals surface area contributed by atoms with E-state index in [0.29, 0.717) is 18.4 Å². The summed E-state index contributed by atoms with van der Waals surface area (Å²) in [6, 6.07) is 10.0. The molecular formula is C24H31N5O2. The number of hydrogen-bond acceptors (Lipinski definition) is 6. The van der Waals surface area contributed by atoms with E-state index < -0.39 is 0 Å². The summed E-state index contributed by atoms with van der Waals surface area (Å²) in [5.41, 5.74) is 4.34. The van der Waals surface area contributed by atoms with Crippen LogP contribution in [0.5, 0.6) is 0 Å². The molecule has 1 aromatic carbocycles. The van der Waals surface area contributed by atoms with Crippen molar-refractivity contribution in [1.29, 1.82) is 0 Å². The summed E-state index contributed by atoms with van der Waals surface area (Å²) >= 11 is 0. The number of ether oxygens (including phenoxy) is 1. The molecule has 2 N–H and O–H groups in total. The van der Waals surface area contributed by atoms with E-state index in [1.165, 1.54) is 0 Å². The lowest BCUT2D eigenvalue weighted by molar-refractivity contribution is 0.177. The second-order valence-corrected chi connectivity index (χ2v) is 7.98. The van der Waals surface area contributed by atoms with Crippen LogP contribution in [0.2, 0.25) is 0 Å². The number of aromatic nitrogens is 2. The zero-order valence-electron chi connectivity index (χ0n) is 18.8. The van der Waals surface area contributed by atoms with Crippen molar-refractivity contribution >= 4 is 23.4 Å². The van der Waals surface area contributed by atoms with E-state index in [-0.39, 0.29) is 24.1 Å². The van der Waals surface area contributed by atoms with Crippen molar-refractivity contribution in [3.8, 4) is 0 Å². The molecule has 0 aliphatic carbocycles. The molecule has 2 heterocycles. The van der Waals surface area contributed by atoms with Gasteiger partial charge in [-0.2, -0.15) is 4.98 Å². The van der Waals surface area contributed by atoms with Crippen molar-refractivity contribution in [3.63, 3.8) is 0 Å². The van der Waals surface area contributed by atoms with Gasteiger partial charge in [-0.1, -0.05) is 50.8 Å². The van der Waals surface area contributed by atoms with Gasteiger partial charge in [0.05, 0.1) is 12.1 Å². The van der Waals surface area contributed by atoms with E-state index in [0.717, 1.165) is 22.4 Å². The number of benzene rings is 1. The van der Waals surface area contributed by atoms with E-state index in [9.17, 15) is 4.79 Å². The van der Waals surface area contributed by atoms with E-state index in [1.807, 2.05) is 20.0 Å². The summed E-state index contributed by atoms with van der Waals surface area (Å²) in [6.45, 7) is 12.5. The Bertz CT molecular complexity index is 968. The average molecular weight is 422 g/mol. The SMILES string of the molecule is C=C/C(=C(/C)NC)c1ccc([C@H](C)Nc2nccc(N3C(=O)OC[C@@H]3C(C)C)n2)cc1. The Hall–Kier alpha value is -3.35. The van der Waals surface area contributed by atoms with E-state index in [1.54, 1.807) is 17.2 Å². The molecular weight excluding hydrogens is 390 g/mol. The van der Waals surface area contributed by atoms with Gasteiger partial charge in [-0.15, -0.1) is 0 Å². The maximum absolute atomic E-state index is 12.2. The van der Waals surface area contributed by atoms with Crippen molar-refractivity contribution in [2.24, 2.45) is 5.92 Å². The minimum absolute atomic E-state index is 0.0164. The number of hydrogen-bond donors (Lipinski definition) is 2. The third-order valence-electron chi connectivity index (χ3n) is 5.61. The molecule has 31 heavy (non-hydrogen) atoms. The lowest BCUT2D eigenvalue weighted by Crippen LogP contribution is -2.37. The molecule has 1 aromatic heterocycles. The predicted molar refractivity (Wildman–Crippen MR) is 125 cm³/mol. The van der Waals surface area contributed by atoms with Crippen LogP contribution in [0.1, 0.15) is 44.9 Å². The van der Waals surface area contributed by atoms with E-state index in [2.05, 4.69) is 72.2 Å². The number of amides is 1. The predicted octanol–water partition coefficient (Wildman–Crippen LogP) is 4.77. The number of rotatable bonds is 8.